The first-order chi connectivity index (χ1) is 8.18. The predicted octanol–water partition coefficient (Wildman–Crippen LogP) is 6.01. The second kappa shape index (κ2) is 6.17. The number of thiophene rings is 1. The fourth-order valence-electron chi connectivity index (χ4n) is 1.85. The number of benzene rings is 1. The molecule has 1 aromatic carbocycles. The lowest BCUT2D eigenvalue weighted by atomic mass is 10.00. The van der Waals surface area contributed by atoms with Crippen LogP contribution in [0.25, 0.3) is 0 Å². The van der Waals surface area contributed by atoms with Crippen LogP contribution in [0.4, 0.5) is 0 Å². The lowest BCUT2D eigenvalue weighted by Gasteiger charge is -2.11. The van der Waals surface area contributed by atoms with Crippen molar-refractivity contribution >= 4 is 43.2 Å². The van der Waals surface area contributed by atoms with Crippen molar-refractivity contribution in [2.45, 2.75) is 25.7 Å². The summed E-state index contributed by atoms with van der Waals surface area (Å²) in [5.74, 6) is 0.633. The van der Waals surface area contributed by atoms with Crippen molar-refractivity contribution in [2.24, 2.45) is 0 Å². The Morgan fingerprint density at radius 1 is 1.12 bits per heavy atom. The molecule has 2 rings (SSSR count). The Kier molecular flexibility index (Phi) is 4.83. The standard InChI is InChI=1S/C14H14Br2S/c1-10(14-6-3-9-17-14)7-8-11-12(15)4-2-5-13(11)16/h2-6,9-10H,7-8H2,1H3. The van der Waals surface area contributed by atoms with Gasteiger partial charge in [-0.1, -0.05) is 50.9 Å². The van der Waals surface area contributed by atoms with Crippen molar-refractivity contribution in [1.82, 2.24) is 0 Å². The normalized spacial score (nSPS) is 12.6. The molecule has 0 nitrogen and oxygen atoms in total. The SMILES string of the molecule is CC(CCc1c(Br)cccc1Br)c1cccs1. The van der Waals surface area contributed by atoms with Crippen LogP contribution in [0.15, 0.2) is 44.7 Å². The summed E-state index contributed by atoms with van der Waals surface area (Å²) >= 11 is 9.09. The first kappa shape index (κ1) is 13.3. The largest absolute Gasteiger partial charge is 0.149 e. The summed E-state index contributed by atoms with van der Waals surface area (Å²) in [6.45, 7) is 2.30. The van der Waals surface area contributed by atoms with Gasteiger partial charge in [-0.3, -0.25) is 0 Å². The molecule has 0 bridgehead atoms. The zero-order valence-corrected chi connectivity index (χ0v) is 13.6. The fraction of sp³-hybridized carbons (Fsp3) is 0.286. The van der Waals surface area contributed by atoms with E-state index in [1.165, 1.54) is 25.8 Å². The van der Waals surface area contributed by atoms with Crippen LogP contribution in [-0.2, 0) is 6.42 Å². The zero-order valence-electron chi connectivity index (χ0n) is 9.62. The Morgan fingerprint density at radius 2 is 1.82 bits per heavy atom. The average molecular weight is 374 g/mol. The topological polar surface area (TPSA) is 0 Å². The quantitative estimate of drug-likeness (QED) is 0.615. The Bertz CT molecular complexity index is 457. The molecule has 3 heteroatoms. The fourth-order valence-corrected chi connectivity index (χ4v) is 4.06. The maximum absolute atomic E-state index is 3.62. The summed E-state index contributed by atoms with van der Waals surface area (Å²) in [6, 6.07) is 10.6. The van der Waals surface area contributed by atoms with E-state index in [9.17, 15) is 0 Å². The zero-order chi connectivity index (χ0) is 12.3. The molecule has 0 N–H and O–H groups in total. The van der Waals surface area contributed by atoms with Crippen LogP contribution in [0, 0.1) is 0 Å². The molecule has 0 aliphatic carbocycles. The molecular weight excluding hydrogens is 360 g/mol. The Hall–Kier alpha value is -0.120. The van der Waals surface area contributed by atoms with Crippen molar-refractivity contribution < 1.29 is 0 Å². The molecule has 0 aliphatic heterocycles. The lowest BCUT2D eigenvalue weighted by molar-refractivity contribution is 0.688. The van der Waals surface area contributed by atoms with Gasteiger partial charge in [-0.2, -0.15) is 0 Å². The van der Waals surface area contributed by atoms with Gasteiger partial charge in [-0.25, -0.2) is 0 Å². The summed E-state index contributed by atoms with van der Waals surface area (Å²) in [7, 11) is 0. The van der Waals surface area contributed by atoms with Gasteiger partial charge in [0.15, 0.2) is 0 Å². The molecular formula is C14H14Br2S. The first-order valence-corrected chi connectivity index (χ1v) is 8.11. The van der Waals surface area contributed by atoms with E-state index >= 15 is 0 Å². The highest BCUT2D eigenvalue weighted by atomic mass is 79.9. The minimum absolute atomic E-state index is 0.633. The van der Waals surface area contributed by atoms with E-state index in [2.05, 4.69) is 74.5 Å². The molecule has 0 spiro atoms. The molecule has 90 valence electrons. The average Bonchev–Trinajstić information content (AvgIpc) is 2.81. The highest BCUT2D eigenvalue weighted by Gasteiger charge is 2.10. The number of hydrogen-bond acceptors (Lipinski definition) is 1. The van der Waals surface area contributed by atoms with Gasteiger partial charge in [0.2, 0.25) is 0 Å². The van der Waals surface area contributed by atoms with E-state index in [-0.39, 0.29) is 0 Å². The molecule has 17 heavy (non-hydrogen) atoms. The van der Waals surface area contributed by atoms with Gasteiger partial charge in [0.05, 0.1) is 0 Å². The van der Waals surface area contributed by atoms with E-state index in [1.54, 1.807) is 0 Å². The van der Waals surface area contributed by atoms with Crippen LogP contribution in [0.5, 0.6) is 0 Å². The lowest BCUT2D eigenvalue weighted by Crippen LogP contribution is -1.95. The molecule has 1 atom stereocenters. The summed E-state index contributed by atoms with van der Waals surface area (Å²) in [4.78, 5) is 1.48. The summed E-state index contributed by atoms with van der Waals surface area (Å²) in [5, 5.41) is 2.15. The third-order valence-electron chi connectivity index (χ3n) is 2.92. The summed E-state index contributed by atoms with van der Waals surface area (Å²) in [5.41, 5.74) is 1.37. The third kappa shape index (κ3) is 3.43. The van der Waals surface area contributed by atoms with Gasteiger partial charge in [-0.05, 0) is 47.9 Å². The molecule has 0 fully saturated rings. The van der Waals surface area contributed by atoms with Crippen LogP contribution >= 0.6 is 43.2 Å². The van der Waals surface area contributed by atoms with E-state index in [4.69, 9.17) is 0 Å². The van der Waals surface area contributed by atoms with Gasteiger partial charge in [-0.15, -0.1) is 11.3 Å². The molecule has 0 saturated carbocycles. The maximum Gasteiger partial charge on any atom is 0.0218 e. The molecule has 0 radical (unpaired) electrons. The Labute approximate surface area is 123 Å². The Balaban J connectivity index is 2.03. The first-order valence-electron chi connectivity index (χ1n) is 5.64. The molecule has 0 saturated heterocycles. The van der Waals surface area contributed by atoms with E-state index in [0.717, 1.165) is 6.42 Å². The predicted molar refractivity (Wildman–Crippen MR) is 82.9 cm³/mol. The van der Waals surface area contributed by atoms with Crippen LogP contribution in [-0.4, -0.2) is 0 Å². The molecule has 1 aromatic heterocycles. The Morgan fingerprint density at radius 3 is 2.41 bits per heavy atom. The van der Waals surface area contributed by atoms with Crippen molar-refractivity contribution in [3.8, 4) is 0 Å². The number of hydrogen-bond donors (Lipinski definition) is 0. The molecule has 1 heterocycles. The highest BCUT2D eigenvalue weighted by Crippen LogP contribution is 2.30. The molecule has 0 aliphatic rings. The summed E-state index contributed by atoms with van der Waals surface area (Å²) in [6.07, 6.45) is 2.28. The van der Waals surface area contributed by atoms with Crippen LogP contribution in [0.3, 0.4) is 0 Å². The number of halogens is 2. The van der Waals surface area contributed by atoms with Crippen molar-refractivity contribution in [3.05, 3.63) is 55.1 Å². The second-order valence-corrected chi connectivity index (χ2v) is 6.84. The van der Waals surface area contributed by atoms with Gasteiger partial charge in [0.1, 0.15) is 0 Å². The molecule has 2 aromatic rings. The smallest absolute Gasteiger partial charge is 0.0218 e. The molecule has 0 amide bonds. The van der Waals surface area contributed by atoms with Gasteiger partial charge in [0.25, 0.3) is 0 Å². The maximum atomic E-state index is 3.62. The molecule has 1 unspecified atom stereocenters. The minimum Gasteiger partial charge on any atom is -0.149 e. The van der Waals surface area contributed by atoms with Crippen molar-refractivity contribution in [2.75, 3.05) is 0 Å². The van der Waals surface area contributed by atoms with Crippen molar-refractivity contribution in [3.63, 3.8) is 0 Å². The third-order valence-corrected chi connectivity index (χ3v) is 5.51. The van der Waals surface area contributed by atoms with Crippen molar-refractivity contribution in [1.29, 1.82) is 0 Å². The van der Waals surface area contributed by atoms with Gasteiger partial charge in [0, 0.05) is 13.8 Å². The van der Waals surface area contributed by atoms with Gasteiger partial charge < -0.3 is 0 Å². The van der Waals surface area contributed by atoms with Gasteiger partial charge >= 0.3 is 0 Å². The van der Waals surface area contributed by atoms with E-state index in [1.807, 2.05) is 11.3 Å². The van der Waals surface area contributed by atoms with Crippen LogP contribution in [0.2, 0.25) is 0 Å². The second-order valence-electron chi connectivity index (χ2n) is 4.16. The summed E-state index contributed by atoms with van der Waals surface area (Å²) < 4.78 is 2.40. The minimum atomic E-state index is 0.633. The van der Waals surface area contributed by atoms with Crippen LogP contribution < -0.4 is 0 Å². The van der Waals surface area contributed by atoms with E-state index < -0.39 is 0 Å². The van der Waals surface area contributed by atoms with Crippen LogP contribution in [0.1, 0.15) is 29.7 Å². The number of rotatable bonds is 4. The highest BCUT2D eigenvalue weighted by molar-refractivity contribution is 9.11. The monoisotopic (exact) mass is 372 g/mol. The van der Waals surface area contributed by atoms with E-state index in [0.29, 0.717) is 5.92 Å².